The van der Waals surface area contributed by atoms with Crippen LogP contribution in [-0.4, -0.2) is 50.8 Å². The molecule has 1 aromatic heterocycles. The predicted molar refractivity (Wildman–Crippen MR) is 162 cm³/mol. The van der Waals surface area contributed by atoms with Gasteiger partial charge in [-0.15, -0.1) is 0 Å². The molecule has 3 saturated carbocycles. The van der Waals surface area contributed by atoms with Crippen molar-refractivity contribution in [2.45, 2.75) is 65.1 Å². The van der Waals surface area contributed by atoms with E-state index in [1.54, 1.807) is 23.0 Å². The number of rotatable bonds is 5. The lowest BCUT2D eigenvalue weighted by Gasteiger charge is -2.61. The van der Waals surface area contributed by atoms with Crippen LogP contribution in [0.15, 0.2) is 52.5 Å². The molecular formula is C31H37Cl2N5O2. The number of β-amino-alcohol motifs (C(OH)–C–C–N with tert-alkyl or cyclic N) is 1. The van der Waals surface area contributed by atoms with Crippen molar-refractivity contribution < 1.29 is 5.11 Å². The Hall–Kier alpha value is -2.61. The van der Waals surface area contributed by atoms with Gasteiger partial charge < -0.3 is 15.3 Å². The minimum atomic E-state index is -0.345. The van der Waals surface area contributed by atoms with E-state index in [2.05, 4.69) is 36.0 Å². The number of hydrogen-bond donors (Lipinski definition) is 2. The van der Waals surface area contributed by atoms with Gasteiger partial charge in [-0.05, 0) is 84.7 Å². The molecule has 5 atom stereocenters. The third kappa shape index (κ3) is 5.12. The molecule has 4 aliphatic rings. The number of guanidine groups is 1. The van der Waals surface area contributed by atoms with Crippen molar-refractivity contribution in [3.05, 3.63) is 68.7 Å². The van der Waals surface area contributed by atoms with E-state index in [4.69, 9.17) is 28.2 Å². The average molecular weight is 583 g/mol. The number of benzene rings is 2. The molecular weight excluding hydrogens is 545 g/mol. The first-order valence-electron chi connectivity index (χ1n) is 14.3. The zero-order valence-corrected chi connectivity index (χ0v) is 24.8. The number of aliphatic imine (C=N–C) groups is 1. The van der Waals surface area contributed by atoms with Crippen LogP contribution in [0, 0.1) is 23.2 Å². The molecule has 1 unspecified atom stereocenters. The van der Waals surface area contributed by atoms with E-state index in [0.717, 1.165) is 42.5 Å². The van der Waals surface area contributed by atoms with Crippen LogP contribution in [0.25, 0.3) is 10.9 Å². The molecule has 212 valence electrons. The normalized spacial score (nSPS) is 27.6. The number of aryl methyl sites for hydroxylation is 2. The van der Waals surface area contributed by atoms with Crippen LogP contribution in [0.5, 0.6) is 0 Å². The van der Waals surface area contributed by atoms with Gasteiger partial charge in [0.15, 0.2) is 5.96 Å². The first-order valence-corrected chi connectivity index (χ1v) is 15.1. The second kappa shape index (κ2) is 10.7. The van der Waals surface area contributed by atoms with E-state index in [1.807, 2.05) is 24.3 Å². The minimum absolute atomic E-state index is 0.0870. The van der Waals surface area contributed by atoms with Crippen molar-refractivity contribution in [1.29, 1.82) is 0 Å². The summed E-state index contributed by atoms with van der Waals surface area (Å²) in [7, 11) is 0. The van der Waals surface area contributed by atoms with Gasteiger partial charge in [0.2, 0.25) is 0 Å². The Morgan fingerprint density at radius 2 is 2.02 bits per heavy atom. The van der Waals surface area contributed by atoms with Crippen LogP contribution in [0.4, 0.5) is 5.69 Å². The lowest BCUT2D eigenvalue weighted by Crippen LogP contribution is -2.56. The molecule has 0 amide bonds. The molecule has 1 saturated heterocycles. The van der Waals surface area contributed by atoms with Gasteiger partial charge in [-0.3, -0.25) is 9.36 Å². The number of nitrogens with zero attached hydrogens (tertiary/aromatic N) is 4. The zero-order valence-electron chi connectivity index (χ0n) is 23.3. The summed E-state index contributed by atoms with van der Waals surface area (Å²) in [5, 5.41) is 15.5. The van der Waals surface area contributed by atoms with Crippen molar-refractivity contribution in [2.75, 3.05) is 18.4 Å². The highest BCUT2D eigenvalue weighted by molar-refractivity contribution is 6.35. The van der Waals surface area contributed by atoms with E-state index < -0.39 is 0 Å². The highest BCUT2D eigenvalue weighted by Gasteiger charge is 2.56. The molecule has 3 aliphatic carbocycles. The van der Waals surface area contributed by atoms with Crippen LogP contribution >= 0.6 is 23.2 Å². The topological polar surface area (TPSA) is 82.8 Å². The van der Waals surface area contributed by atoms with Gasteiger partial charge in [0.1, 0.15) is 0 Å². The SMILES string of the molecule is C[C@@H]1C(N=C(Nc2ccc3c(=O)n(CCc4ccc(Cl)cc4Cl)cnc3c2)N2CC[C@H](O)C2)C[C@@H]2C[C@H]1C2(C)C. The minimum Gasteiger partial charge on any atom is -0.391 e. The maximum Gasteiger partial charge on any atom is 0.261 e. The van der Waals surface area contributed by atoms with Gasteiger partial charge >= 0.3 is 0 Å². The fourth-order valence-electron chi connectivity index (χ4n) is 7.07. The number of hydrogen-bond acceptors (Lipinski definition) is 4. The Morgan fingerprint density at radius 3 is 2.73 bits per heavy atom. The molecule has 9 heteroatoms. The second-order valence-corrected chi connectivity index (χ2v) is 13.3. The number of fused-ring (bicyclic) bond motifs is 3. The molecule has 7 rings (SSSR count). The number of aromatic nitrogens is 2. The monoisotopic (exact) mass is 581 g/mol. The molecule has 0 spiro atoms. The number of aliphatic hydroxyl groups is 1. The summed E-state index contributed by atoms with van der Waals surface area (Å²) in [4.78, 5) is 25.3. The number of nitrogens with one attached hydrogen (secondary N) is 1. The molecule has 2 aromatic carbocycles. The largest absolute Gasteiger partial charge is 0.391 e. The van der Waals surface area contributed by atoms with Crippen molar-refractivity contribution in [3.63, 3.8) is 0 Å². The number of anilines is 1. The van der Waals surface area contributed by atoms with Crippen LogP contribution < -0.4 is 10.9 Å². The number of halogens is 2. The Balaban J connectivity index is 1.23. The highest BCUT2D eigenvalue weighted by atomic mass is 35.5. The Kier molecular flexibility index (Phi) is 7.34. The second-order valence-electron chi connectivity index (χ2n) is 12.4. The fourth-order valence-corrected chi connectivity index (χ4v) is 7.57. The molecule has 1 aliphatic heterocycles. The standard InChI is InChI=1S/C31H37Cl2N5O2/c1-18-25-12-20(31(25,2)3)13-27(18)36-30(37-11-9-23(39)16-37)35-22-6-7-24-28(15-22)34-17-38(29(24)40)10-8-19-4-5-21(32)14-26(19)33/h4-7,14-15,17-18,20,23,25,27,39H,8-13,16H2,1-3H3,(H,35,36)/t18-,20-,23-,25+,27?/m0/s1. The van der Waals surface area contributed by atoms with Gasteiger partial charge in [0.25, 0.3) is 5.56 Å². The zero-order chi connectivity index (χ0) is 28.2. The third-order valence-electron chi connectivity index (χ3n) is 9.78. The van der Waals surface area contributed by atoms with Gasteiger partial charge in [0.05, 0.1) is 29.4 Å². The summed E-state index contributed by atoms with van der Waals surface area (Å²) in [5.74, 6) is 2.74. The lowest BCUT2D eigenvalue weighted by molar-refractivity contribution is -0.108. The summed E-state index contributed by atoms with van der Waals surface area (Å²) < 4.78 is 1.62. The smallest absolute Gasteiger partial charge is 0.261 e. The number of likely N-dealkylation sites (tertiary alicyclic amines) is 1. The molecule has 2 bridgehead atoms. The molecule has 40 heavy (non-hydrogen) atoms. The van der Waals surface area contributed by atoms with Crippen molar-refractivity contribution in [3.8, 4) is 0 Å². The average Bonchev–Trinajstić information content (AvgIpc) is 3.35. The molecule has 7 nitrogen and oxygen atoms in total. The highest BCUT2D eigenvalue weighted by Crippen LogP contribution is 2.61. The molecule has 2 heterocycles. The summed E-state index contributed by atoms with van der Waals surface area (Å²) in [5.41, 5.74) is 2.71. The van der Waals surface area contributed by atoms with Gasteiger partial charge in [-0.2, -0.15) is 0 Å². The number of aliphatic hydroxyl groups excluding tert-OH is 1. The summed E-state index contributed by atoms with van der Waals surface area (Å²) in [6.07, 6.45) is 5.00. The third-order valence-corrected chi connectivity index (χ3v) is 10.4. The quantitative estimate of drug-likeness (QED) is 0.291. The van der Waals surface area contributed by atoms with E-state index in [0.29, 0.717) is 57.7 Å². The first kappa shape index (κ1) is 27.6. The Morgan fingerprint density at radius 1 is 1.20 bits per heavy atom. The molecule has 3 aromatic rings. The van der Waals surface area contributed by atoms with E-state index in [-0.39, 0.29) is 17.7 Å². The van der Waals surface area contributed by atoms with E-state index in [1.165, 1.54) is 6.42 Å². The fraction of sp³-hybridized carbons (Fsp3) is 0.516. The summed E-state index contributed by atoms with van der Waals surface area (Å²) in [6.45, 7) is 8.95. The van der Waals surface area contributed by atoms with Gasteiger partial charge in [-0.1, -0.05) is 50.0 Å². The molecule has 0 radical (unpaired) electrons. The van der Waals surface area contributed by atoms with Crippen LogP contribution in [-0.2, 0) is 13.0 Å². The lowest BCUT2D eigenvalue weighted by atomic mass is 9.45. The Bertz CT molecular complexity index is 1520. The van der Waals surface area contributed by atoms with Gasteiger partial charge in [0, 0.05) is 35.4 Å². The first-order chi connectivity index (χ1) is 19.1. The van der Waals surface area contributed by atoms with Crippen molar-refractivity contribution >= 4 is 45.8 Å². The maximum absolute atomic E-state index is 13.2. The van der Waals surface area contributed by atoms with E-state index >= 15 is 0 Å². The van der Waals surface area contributed by atoms with Gasteiger partial charge in [-0.25, -0.2) is 9.98 Å². The van der Waals surface area contributed by atoms with E-state index in [9.17, 15) is 9.90 Å². The van der Waals surface area contributed by atoms with Crippen LogP contribution in [0.3, 0.4) is 0 Å². The summed E-state index contributed by atoms with van der Waals surface area (Å²) in [6, 6.07) is 11.3. The Labute approximate surface area is 245 Å². The summed E-state index contributed by atoms with van der Waals surface area (Å²) >= 11 is 12.3. The maximum atomic E-state index is 13.2. The molecule has 4 fully saturated rings. The van der Waals surface area contributed by atoms with Crippen molar-refractivity contribution in [2.24, 2.45) is 28.2 Å². The molecule has 2 N–H and O–H groups in total. The van der Waals surface area contributed by atoms with Crippen molar-refractivity contribution in [1.82, 2.24) is 14.5 Å². The van der Waals surface area contributed by atoms with Crippen LogP contribution in [0.2, 0.25) is 10.0 Å². The predicted octanol–water partition coefficient (Wildman–Crippen LogP) is 5.85. The van der Waals surface area contributed by atoms with Crippen LogP contribution in [0.1, 0.15) is 45.6 Å².